The van der Waals surface area contributed by atoms with Crippen LogP contribution < -0.4 is 16.0 Å². The number of hydrogen-bond donors (Lipinski definition) is 3. The summed E-state index contributed by atoms with van der Waals surface area (Å²) in [4.78, 5) is 20.4. The summed E-state index contributed by atoms with van der Waals surface area (Å²) in [6.45, 7) is 5.47. The van der Waals surface area contributed by atoms with Crippen LogP contribution in [0.3, 0.4) is 0 Å². The Morgan fingerprint density at radius 3 is 2.57 bits per heavy atom. The lowest BCUT2D eigenvalue weighted by Crippen LogP contribution is -2.31. The molecular formula is C22H33F3N8O2. The van der Waals surface area contributed by atoms with Crippen molar-refractivity contribution >= 4 is 24.0 Å². The number of amides is 1. The minimum absolute atomic E-state index is 0.0381. The van der Waals surface area contributed by atoms with Gasteiger partial charge < -0.3 is 25.6 Å². The first-order valence-electron chi connectivity index (χ1n) is 11.7. The standard InChI is InChI=1S/C22H33F3N8O2/c1-16-14-33(17-5-9-32(2)10-6-17)31-19(16)29-21-28-13-18(22(23,24)25)20(30-21)27-8-4-12-35-11-3-7-26-15-34/h13-15,17H,3-12H2,1-2H3,(H,26,34)(H2,27,28,29,30,31). The van der Waals surface area contributed by atoms with Crippen LogP contribution in [0.2, 0.25) is 0 Å². The van der Waals surface area contributed by atoms with Crippen LogP contribution in [0, 0.1) is 6.92 Å². The number of halogens is 3. The van der Waals surface area contributed by atoms with Crippen LogP contribution in [0.1, 0.15) is 42.9 Å². The molecule has 35 heavy (non-hydrogen) atoms. The van der Waals surface area contributed by atoms with Crippen molar-refractivity contribution in [3.8, 4) is 0 Å². The number of alkyl halides is 3. The molecule has 1 aliphatic heterocycles. The predicted octanol–water partition coefficient (Wildman–Crippen LogP) is 2.97. The summed E-state index contributed by atoms with van der Waals surface area (Å²) in [5.74, 6) is 0.265. The minimum atomic E-state index is -4.59. The maximum atomic E-state index is 13.5. The van der Waals surface area contributed by atoms with Gasteiger partial charge in [0.25, 0.3) is 0 Å². The number of carbonyl (C=O) groups excluding carboxylic acids is 1. The molecule has 3 N–H and O–H groups in total. The fourth-order valence-electron chi connectivity index (χ4n) is 3.76. The summed E-state index contributed by atoms with van der Waals surface area (Å²) in [7, 11) is 2.09. The Balaban J connectivity index is 1.59. The van der Waals surface area contributed by atoms with E-state index in [9.17, 15) is 18.0 Å². The molecule has 0 aliphatic carbocycles. The first-order chi connectivity index (χ1) is 16.8. The van der Waals surface area contributed by atoms with Crippen LogP contribution in [0.25, 0.3) is 0 Å². The van der Waals surface area contributed by atoms with Crippen molar-refractivity contribution in [3.63, 3.8) is 0 Å². The number of anilines is 3. The van der Waals surface area contributed by atoms with Crippen LogP contribution in [-0.2, 0) is 15.7 Å². The van der Waals surface area contributed by atoms with Crippen LogP contribution in [-0.4, -0.2) is 77.5 Å². The highest BCUT2D eigenvalue weighted by molar-refractivity contribution is 5.56. The fraction of sp³-hybridized carbons (Fsp3) is 0.636. The Bertz CT molecular complexity index is 945. The van der Waals surface area contributed by atoms with E-state index in [4.69, 9.17) is 4.74 Å². The Kier molecular flexibility index (Phi) is 9.66. The molecule has 13 heteroatoms. The molecule has 3 rings (SSSR count). The van der Waals surface area contributed by atoms with Gasteiger partial charge in [0.1, 0.15) is 11.4 Å². The normalized spacial score (nSPS) is 15.2. The van der Waals surface area contributed by atoms with Gasteiger partial charge in [-0.05, 0) is 52.7 Å². The highest BCUT2D eigenvalue weighted by Crippen LogP contribution is 2.34. The molecule has 0 saturated carbocycles. The van der Waals surface area contributed by atoms with Gasteiger partial charge >= 0.3 is 6.18 Å². The summed E-state index contributed by atoms with van der Waals surface area (Å²) in [5, 5.41) is 12.9. The molecule has 3 heterocycles. The van der Waals surface area contributed by atoms with E-state index >= 15 is 0 Å². The van der Waals surface area contributed by atoms with Gasteiger partial charge in [0.05, 0.1) is 6.04 Å². The third-order valence-electron chi connectivity index (χ3n) is 5.75. The second-order valence-corrected chi connectivity index (χ2v) is 8.57. The Morgan fingerprint density at radius 1 is 1.17 bits per heavy atom. The van der Waals surface area contributed by atoms with Gasteiger partial charge in [-0.15, -0.1) is 0 Å². The van der Waals surface area contributed by atoms with Gasteiger partial charge in [-0.2, -0.15) is 23.3 Å². The number of nitrogens with zero attached hydrogens (tertiary/aromatic N) is 5. The summed E-state index contributed by atoms with van der Waals surface area (Å²) in [5.41, 5.74) is -0.0695. The molecule has 0 radical (unpaired) electrons. The van der Waals surface area contributed by atoms with E-state index in [1.54, 1.807) is 0 Å². The van der Waals surface area contributed by atoms with Crippen molar-refractivity contribution < 1.29 is 22.7 Å². The van der Waals surface area contributed by atoms with Crippen molar-refractivity contribution in [1.82, 2.24) is 30.0 Å². The molecule has 2 aromatic heterocycles. The molecule has 0 aromatic carbocycles. The molecule has 0 unspecified atom stereocenters. The zero-order valence-corrected chi connectivity index (χ0v) is 20.1. The lowest BCUT2D eigenvalue weighted by molar-refractivity contribution is -0.137. The van der Waals surface area contributed by atoms with Crippen LogP contribution in [0.5, 0.6) is 0 Å². The summed E-state index contributed by atoms with van der Waals surface area (Å²) < 4.78 is 47.7. The number of aromatic nitrogens is 4. The number of piperidine rings is 1. The average molecular weight is 499 g/mol. The van der Waals surface area contributed by atoms with E-state index in [0.717, 1.165) is 37.7 Å². The molecule has 0 bridgehead atoms. The van der Waals surface area contributed by atoms with Gasteiger partial charge in [0.2, 0.25) is 12.4 Å². The number of nitrogens with one attached hydrogen (secondary N) is 3. The molecule has 194 valence electrons. The topological polar surface area (TPSA) is 109 Å². The molecule has 1 fully saturated rings. The minimum Gasteiger partial charge on any atom is -0.381 e. The first-order valence-corrected chi connectivity index (χ1v) is 11.7. The van der Waals surface area contributed by atoms with Crippen molar-refractivity contribution in [3.05, 3.63) is 23.5 Å². The van der Waals surface area contributed by atoms with E-state index in [-0.39, 0.29) is 24.4 Å². The highest BCUT2D eigenvalue weighted by Gasteiger charge is 2.35. The second-order valence-electron chi connectivity index (χ2n) is 8.57. The van der Waals surface area contributed by atoms with E-state index < -0.39 is 11.7 Å². The maximum absolute atomic E-state index is 13.5. The molecule has 1 aliphatic rings. The molecule has 0 atom stereocenters. The number of carbonyl (C=O) groups is 1. The third-order valence-corrected chi connectivity index (χ3v) is 5.75. The van der Waals surface area contributed by atoms with Gasteiger partial charge in [-0.3, -0.25) is 9.48 Å². The van der Waals surface area contributed by atoms with Crippen molar-refractivity contribution in [2.45, 2.75) is 44.8 Å². The Labute approximate surface area is 202 Å². The Hall–Kier alpha value is -2.93. The average Bonchev–Trinajstić information content (AvgIpc) is 3.17. The Morgan fingerprint density at radius 2 is 1.89 bits per heavy atom. The van der Waals surface area contributed by atoms with Crippen LogP contribution in [0.15, 0.2) is 12.4 Å². The van der Waals surface area contributed by atoms with E-state index in [0.29, 0.717) is 44.8 Å². The molecular weight excluding hydrogens is 465 g/mol. The molecule has 2 aromatic rings. The van der Waals surface area contributed by atoms with Gasteiger partial charge in [0, 0.05) is 44.3 Å². The number of likely N-dealkylation sites (tertiary alicyclic amines) is 1. The van der Waals surface area contributed by atoms with Crippen molar-refractivity contribution in [2.24, 2.45) is 0 Å². The molecule has 1 amide bonds. The summed E-state index contributed by atoms with van der Waals surface area (Å²) in [6.07, 6.45) is 1.88. The van der Waals surface area contributed by atoms with Crippen LogP contribution in [0.4, 0.5) is 30.8 Å². The van der Waals surface area contributed by atoms with Gasteiger partial charge in [-0.25, -0.2) is 4.98 Å². The van der Waals surface area contributed by atoms with Crippen LogP contribution >= 0.6 is 0 Å². The number of hydrogen-bond acceptors (Lipinski definition) is 8. The third kappa shape index (κ3) is 8.06. The first kappa shape index (κ1) is 26.7. The predicted molar refractivity (Wildman–Crippen MR) is 126 cm³/mol. The van der Waals surface area contributed by atoms with Crippen molar-refractivity contribution in [2.75, 3.05) is 57.1 Å². The van der Waals surface area contributed by atoms with E-state index in [1.807, 2.05) is 17.8 Å². The molecule has 1 saturated heterocycles. The molecule has 0 spiro atoms. The fourth-order valence-corrected chi connectivity index (χ4v) is 3.76. The van der Waals surface area contributed by atoms with E-state index in [1.165, 1.54) is 0 Å². The van der Waals surface area contributed by atoms with Crippen molar-refractivity contribution in [1.29, 1.82) is 0 Å². The maximum Gasteiger partial charge on any atom is 0.421 e. The zero-order valence-electron chi connectivity index (χ0n) is 20.1. The smallest absolute Gasteiger partial charge is 0.381 e. The lowest BCUT2D eigenvalue weighted by Gasteiger charge is -2.28. The number of rotatable bonds is 13. The summed E-state index contributed by atoms with van der Waals surface area (Å²) in [6, 6.07) is 0.287. The lowest BCUT2D eigenvalue weighted by atomic mass is 10.1. The second kappa shape index (κ2) is 12.7. The summed E-state index contributed by atoms with van der Waals surface area (Å²) >= 11 is 0. The van der Waals surface area contributed by atoms with E-state index in [2.05, 4.69) is 43.0 Å². The molecule has 10 nitrogen and oxygen atoms in total. The number of ether oxygens (including phenoxy) is 1. The van der Waals surface area contributed by atoms with Gasteiger partial charge in [-0.1, -0.05) is 0 Å². The van der Waals surface area contributed by atoms with Gasteiger partial charge in [0.15, 0.2) is 5.82 Å². The zero-order chi connectivity index (χ0) is 25.3. The SMILES string of the molecule is Cc1cn(C2CCN(C)CC2)nc1Nc1ncc(C(F)(F)F)c(NCCCOCCCNC=O)n1. The monoisotopic (exact) mass is 498 g/mol. The quantitative estimate of drug-likeness (QED) is 0.286. The largest absolute Gasteiger partial charge is 0.421 e. The highest BCUT2D eigenvalue weighted by atomic mass is 19.4. The number of aryl methyl sites for hydroxylation is 1.